The minimum Gasteiger partial charge on any atom is -0.497 e. The average molecular weight is 326 g/mol. The van der Waals surface area contributed by atoms with Crippen molar-refractivity contribution in [3.63, 3.8) is 0 Å². The van der Waals surface area contributed by atoms with Gasteiger partial charge in [-0.25, -0.2) is 0 Å². The van der Waals surface area contributed by atoms with Crippen LogP contribution in [0.2, 0.25) is 0 Å². The van der Waals surface area contributed by atoms with Crippen molar-refractivity contribution < 1.29 is 14.2 Å². The van der Waals surface area contributed by atoms with Gasteiger partial charge in [-0.2, -0.15) is 0 Å². The highest BCUT2D eigenvalue weighted by Gasteiger charge is 2.44. The highest BCUT2D eigenvalue weighted by molar-refractivity contribution is 5.59. The first-order valence-corrected chi connectivity index (χ1v) is 8.23. The van der Waals surface area contributed by atoms with Gasteiger partial charge >= 0.3 is 0 Å². The van der Waals surface area contributed by atoms with Crippen molar-refractivity contribution in [1.29, 1.82) is 0 Å². The van der Waals surface area contributed by atoms with E-state index in [4.69, 9.17) is 14.2 Å². The molecule has 0 radical (unpaired) electrons. The number of anilines is 2. The second-order valence-corrected chi connectivity index (χ2v) is 6.07. The Bertz CT molecular complexity index is 627. The Hall–Kier alpha value is -2.40. The SMILES string of the molecule is COc1ccc(N2CCN(c3ccc(OC)cc3)C2[C@@H]2CO2)cc1. The van der Waals surface area contributed by atoms with Crippen LogP contribution in [0, 0.1) is 0 Å². The van der Waals surface area contributed by atoms with Gasteiger partial charge in [0.1, 0.15) is 23.8 Å². The molecule has 24 heavy (non-hydrogen) atoms. The average Bonchev–Trinajstić information content (AvgIpc) is 3.40. The minimum atomic E-state index is 0.229. The summed E-state index contributed by atoms with van der Waals surface area (Å²) in [4.78, 5) is 4.84. The predicted octanol–water partition coefficient (Wildman–Crippen LogP) is 2.76. The van der Waals surface area contributed by atoms with Crippen molar-refractivity contribution in [2.45, 2.75) is 12.3 Å². The smallest absolute Gasteiger partial charge is 0.131 e. The molecule has 0 bridgehead atoms. The van der Waals surface area contributed by atoms with Crippen molar-refractivity contribution in [3.8, 4) is 11.5 Å². The summed E-state index contributed by atoms with van der Waals surface area (Å²) in [5, 5.41) is 0. The molecule has 2 aromatic carbocycles. The van der Waals surface area contributed by atoms with Crippen LogP contribution < -0.4 is 19.3 Å². The molecule has 0 aromatic heterocycles. The lowest BCUT2D eigenvalue weighted by atomic mass is 10.2. The lowest BCUT2D eigenvalue weighted by Crippen LogP contribution is -2.43. The van der Waals surface area contributed by atoms with Gasteiger partial charge in [-0.1, -0.05) is 0 Å². The summed E-state index contributed by atoms with van der Waals surface area (Å²) >= 11 is 0. The van der Waals surface area contributed by atoms with E-state index in [2.05, 4.69) is 34.1 Å². The molecule has 4 rings (SSSR count). The topological polar surface area (TPSA) is 37.5 Å². The van der Waals surface area contributed by atoms with Crippen LogP contribution >= 0.6 is 0 Å². The number of ether oxygens (including phenoxy) is 3. The number of methoxy groups -OCH3 is 2. The van der Waals surface area contributed by atoms with Crippen LogP contribution in [0.15, 0.2) is 48.5 Å². The van der Waals surface area contributed by atoms with Crippen molar-refractivity contribution in [1.82, 2.24) is 0 Å². The van der Waals surface area contributed by atoms with E-state index in [1.54, 1.807) is 14.2 Å². The lowest BCUT2D eigenvalue weighted by molar-refractivity contribution is 0.373. The van der Waals surface area contributed by atoms with Gasteiger partial charge in [-0.05, 0) is 48.5 Å². The third-order valence-electron chi connectivity index (χ3n) is 4.72. The van der Waals surface area contributed by atoms with Crippen LogP contribution in [0.25, 0.3) is 0 Å². The third kappa shape index (κ3) is 2.76. The molecule has 2 aliphatic heterocycles. The fraction of sp³-hybridized carbons (Fsp3) is 0.368. The first-order valence-electron chi connectivity index (χ1n) is 8.23. The molecule has 126 valence electrons. The highest BCUT2D eigenvalue weighted by Crippen LogP contribution is 2.35. The molecular formula is C19H22N2O3. The van der Waals surface area contributed by atoms with Crippen molar-refractivity contribution in [3.05, 3.63) is 48.5 Å². The summed E-state index contributed by atoms with van der Waals surface area (Å²) in [7, 11) is 3.38. The first kappa shape index (κ1) is 15.1. The normalized spacial score (nSPS) is 20.3. The van der Waals surface area contributed by atoms with E-state index in [0.717, 1.165) is 31.2 Å². The standard InChI is InChI=1S/C19H22N2O3/c1-22-16-7-3-14(4-8-16)20-11-12-21(19(20)18-13-24-18)15-5-9-17(23-2)10-6-15/h3-10,18-19H,11-13H2,1-2H3/t18-/m0/s1. The van der Waals surface area contributed by atoms with Gasteiger partial charge in [-0.15, -0.1) is 0 Å². The van der Waals surface area contributed by atoms with Gasteiger partial charge in [-0.3, -0.25) is 0 Å². The largest absolute Gasteiger partial charge is 0.497 e. The molecule has 2 aliphatic rings. The van der Waals surface area contributed by atoms with Crippen molar-refractivity contribution in [2.24, 2.45) is 0 Å². The molecule has 2 saturated heterocycles. The van der Waals surface area contributed by atoms with Crippen LogP contribution in [0.5, 0.6) is 11.5 Å². The molecule has 0 aliphatic carbocycles. The van der Waals surface area contributed by atoms with Crippen molar-refractivity contribution in [2.75, 3.05) is 43.7 Å². The van der Waals surface area contributed by atoms with E-state index in [1.165, 1.54) is 11.4 Å². The molecular weight excluding hydrogens is 304 g/mol. The molecule has 2 heterocycles. The number of epoxide rings is 1. The van der Waals surface area contributed by atoms with Gasteiger partial charge in [0, 0.05) is 24.5 Å². The number of rotatable bonds is 5. The maximum Gasteiger partial charge on any atom is 0.131 e. The van der Waals surface area contributed by atoms with E-state index in [-0.39, 0.29) is 12.3 Å². The molecule has 0 unspecified atom stereocenters. The zero-order valence-corrected chi connectivity index (χ0v) is 14.0. The predicted molar refractivity (Wildman–Crippen MR) is 94.2 cm³/mol. The Morgan fingerprint density at radius 2 is 1.21 bits per heavy atom. The van der Waals surface area contributed by atoms with Crippen LogP contribution in [0.3, 0.4) is 0 Å². The number of hydrogen-bond donors (Lipinski definition) is 0. The maximum atomic E-state index is 5.65. The molecule has 0 amide bonds. The molecule has 2 aromatic rings. The van der Waals surface area contributed by atoms with E-state index >= 15 is 0 Å². The fourth-order valence-electron chi connectivity index (χ4n) is 3.39. The minimum absolute atomic E-state index is 0.229. The van der Waals surface area contributed by atoms with Gasteiger partial charge in [0.15, 0.2) is 0 Å². The van der Waals surface area contributed by atoms with Crippen LogP contribution in [0.1, 0.15) is 0 Å². The molecule has 0 saturated carbocycles. The number of benzene rings is 2. The Balaban J connectivity index is 1.60. The summed E-state index contributed by atoms with van der Waals surface area (Å²) in [5.74, 6) is 1.76. The van der Waals surface area contributed by atoms with E-state index in [9.17, 15) is 0 Å². The number of hydrogen-bond acceptors (Lipinski definition) is 5. The summed E-state index contributed by atoms with van der Waals surface area (Å²) in [6.45, 7) is 2.77. The van der Waals surface area contributed by atoms with Crippen molar-refractivity contribution >= 4 is 11.4 Å². The molecule has 2 fully saturated rings. The van der Waals surface area contributed by atoms with Crippen LogP contribution in [-0.4, -0.2) is 46.2 Å². The Morgan fingerprint density at radius 3 is 1.54 bits per heavy atom. The Morgan fingerprint density at radius 1 is 0.792 bits per heavy atom. The first-order chi connectivity index (χ1) is 11.8. The quantitative estimate of drug-likeness (QED) is 0.790. The molecule has 0 N–H and O–H groups in total. The summed E-state index contributed by atoms with van der Waals surface area (Å²) in [5.41, 5.74) is 2.40. The fourth-order valence-corrected chi connectivity index (χ4v) is 3.39. The Kier molecular flexibility index (Phi) is 3.94. The monoisotopic (exact) mass is 326 g/mol. The Labute approximate surface area is 142 Å². The van der Waals surface area contributed by atoms with E-state index in [1.807, 2.05) is 24.3 Å². The summed E-state index contributed by atoms with van der Waals surface area (Å²) in [6, 6.07) is 16.5. The molecule has 5 nitrogen and oxygen atoms in total. The second kappa shape index (κ2) is 6.24. The van der Waals surface area contributed by atoms with Crippen LogP contribution in [0.4, 0.5) is 11.4 Å². The third-order valence-corrected chi connectivity index (χ3v) is 4.72. The van der Waals surface area contributed by atoms with Gasteiger partial charge in [0.25, 0.3) is 0 Å². The highest BCUT2D eigenvalue weighted by atomic mass is 16.6. The summed E-state index contributed by atoms with van der Waals surface area (Å²) < 4.78 is 16.2. The maximum absolute atomic E-state index is 5.65. The van der Waals surface area contributed by atoms with Crippen LogP contribution in [-0.2, 0) is 4.74 Å². The zero-order chi connectivity index (χ0) is 16.5. The molecule has 5 heteroatoms. The van der Waals surface area contributed by atoms with Gasteiger partial charge in [0.05, 0.1) is 20.8 Å². The second-order valence-electron chi connectivity index (χ2n) is 6.07. The molecule has 0 spiro atoms. The number of nitrogens with zero attached hydrogens (tertiary/aromatic N) is 2. The van der Waals surface area contributed by atoms with Gasteiger partial charge < -0.3 is 24.0 Å². The zero-order valence-electron chi connectivity index (χ0n) is 14.0. The van der Waals surface area contributed by atoms with E-state index < -0.39 is 0 Å². The lowest BCUT2D eigenvalue weighted by Gasteiger charge is -2.31. The molecule has 1 atom stereocenters. The summed E-state index contributed by atoms with van der Waals surface area (Å²) in [6.07, 6.45) is 0.489. The van der Waals surface area contributed by atoms with E-state index in [0.29, 0.717) is 0 Å². The van der Waals surface area contributed by atoms with Gasteiger partial charge in [0.2, 0.25) is 0 Å².